The van der Waals surface area contributed by atoms with Gasteiger partial charge in [0, 0.05) is 23.5 Å². The molecule has 1 heterocycles. The minimum Gasteiger partial charge on any atom is -0.312 e. The highest BCUT2D eigenvalue weighted by molar-refractivity contribution is 5.71. The molecule has 128 valence electrons. The van der Waals surface area contributed by atoms with Gasteiger partial charge >= 0.3 is 0 Å². The number of para-hydroxylation sites is 2. The molecule has 0 amide bonds. The third-order valence-electron chi connectivity index (χ3n) is 4.41. The molecule has 0 saturated heterocycles. The molecule has 0 bridgehead atoms. The van der Waals surface area contributed by atoms with Gasteiger partial charge in [0.05, 0.1) is 0 Å². The monoisotopic (exact) mass is 323 g/mol. The van der Waals surface area contributed by atoms with Crippen molar-refractivity contribution in [1.29, 1.82) is 0 Å². The van der Waals surface area contributed by atoms with Crippen LogP contribution in [-0.2, 0) is 12.8 Å². The SMILES string of the molecule is CC(C)NC(NC(C)C)N1c2ccccc2CCc2ccccc21. The standard InChI is InChI=1S/C21H29N3/c1-15(2)22-21(23-16(3)4)24-19-11-7-5-9-17(19)13-14-18-10-6-8-12-20(18)24/h5-12,15-16,21-23H,13-14H2,1-4H3. The molecule has 0 radical (unpaired) electrons. The molecule has 0 fully saturated rings. The van der Waals surface area contributed by atoms with Crippen molar-refractivity contribution < 1.29 is 0 Å². The molecule has 3 nitrogen and oxygen atoms in total. The van der Waals surface area contributed by atoms with Crippen molar-refractivity contribution in [2.24, 2.45) is 0 Å². The molecule has 1 aliphatic heterocycles. The number of benzene rings is 2. The van der Waals surface area contributed by atoms with E-state index in [1.54, 1.807) is 0 Å². The number of nitrogens with zero attached hydrogens (tertiary/aromatic N) is 1. The van der Waals surface area contributed by atoms with Gasteiger partial charge in [-0.1, -0.05) is 36.4 Å². The number of hydrogen-bond acceptors (Lipinski definition) is 3. The maximum absolute atomic E-state index is 3.71. The van der Waals surface area contributed by atoms with Crippen molar-refractivity contribution in [2.45, 2.75) is 58.9 Å². The molecule has 0 aromatic heterocycles. The van der Waals surface area contributed by atoms with Crippen LogP contribution in [0.5, 0.6) is 0 Å². The summed E-state index contributed by atoms with van der Waals surface area (Å²) in [5, 5.41) is 7.41. The summed E-state index contributed by atoms with van der Waals surface area (Å²) in [5.74, 6) is 0. The Labute approximate surface area is 146 Å². The average molecular weight is 323 g/mol. The van der Waals surface area contributed by atoms with Crippen molar-refractivity contribution in [2.75, 3.05) is 4.90 Å². The van der Waals surface area contributed by atoms with Gasteiger partial charge in [-0.25, -0.2) is 0 Å². The van der Waals surface area contributed by atoms with Crippen LogP contribution in [0.25, 0.3) is 0 Å². The minimum atomic E-state index is 0.0606. The van der Waals surface area contributed by atoms with Crippen LogP contribution >= 0.6 is 0 Å². The van der Waals surface area contributed by atoms with Crippen molar-refractivity contribution in [3.05, 3.63) is 59.7 Å². The molecule has 2 aromatic carbocycles. The van der Waals surface area contributed by atoms with E-state index in [4.69, 9.17) is 0 Å². The molecule has 2 aromatic rings. The first kappa shape index (κ1) is 17.0. The van der Waals surface area contributed by atoms with E-state index in [1.807, 2.05) is 0 Å². The quantitative estimate of drug-likeness (QED) is 0.808. The van der Waals surface area contributed by atoms with Crippen LogP contribution in [0, 0.1) is 0 Å². The first-order valence-electron chi connectivity index (χ1n) is 9.03. The molecule has 3 heteroatoms. The number of hydrogen-bond donors (Lipinski definition) is 2. The fraction of sp³-hybridized carbons (Fsp3) is 0.429. The Kier molecular flexibility index (Phi) is 5.22. The van der Waals surface area contributed by atoms with Crippen LogP contribution in [-0.4, -0.2) is 18.4 Å². The summed E-state index contributed by atoms with van der Waals surface area (Å²) in [6.07, 6.45) is 2.23. The van der Waals surface area contributed by atoms with Gasteiger partial charge in [-0.3, -0.25) is 10.6 Å². The van der Waals surface area contributed by atoms with Gasteiger partial charge in [-0.15, -0.1) is 0 Å². The second kappa shape index (κ2) is 7.37. The molecule has 0 spiro atoms. The summed E-state index contributed by atoms with van der Waals surface area (Å²) < 4.78 is 0. The maximum atomic E-state index is 3.71. The number of aryl methyl sites for hydroxylation is 2. The Bertz CT molecular complexity index is 621. The summed E-state index contributed by atoms with van der Waals surface area (Å²) in [4.78, 5) is 2.44. The highest BCUT2D eigenvalue weighted by Gasteiger charge is 2.27. The van der Waals surface area contributed by atoms with Crippen LogP contribution in [0.4, 0.5) is 11.4 Å². The van der Waals surface area contributed by atoms with E-state index in [-0.39, 0.29) is 6.29 Å². The normalized spacial score (nSPS) is 14.0. The number of nitrogens with one attached hydrogen (secondary N) is 2. The van der Waals surface area contributed by atoms with Gasteiger partial charge < -0.3 is 4.90 Å². The lowest BCUT2D eigenvalue weighted by molar-refractivity contribution is 0.370. The minimum absolute atomic E-state index is 0.0606. The van der Waals surface area contributed by atoms with Crippen molar-refractivity contribution in [1.82, 2.24) is 10.6 Å². The summed E-state index contributed by atoms with van der Waals surface area (Å²) in [7, 11) is 0. The molecule has 2 N–H and O–H groups in total. The molecule has 0 aliphatic carbocycles. The van der Waals surface area contributed by atoms with E-state index >= 15 is 0 Å². The van der Waals surface area contributed by atoms with Gasteiger partial charge in [0.15, 0.2) is 0 Å². The summed E-state index contributed by atoms with van der Waals surface area (Å²) in [5.41, 5.74) is 5.42. The van der Waals surface area contributed by atoms with Gasteiger partial charge in [0.1, 0.15) is 6.29 Å². The van der Waals surface area contributed by atoms with E-state index in [1.165, 1.54) is 22.5 Å². The molecule has 3 rings (SSSR count). The van der Waals surface area contributed by atoms with Crippen LogP contribution in [0.2, 0.25) is 0 Å². The third kappa shape index (κ3) is 3.63. The highest BCUT2D eigenvalue weighted by Crippen LogP contribution is 2.36. The molecule has 0 atom stereocenters. The zero-order valence-electron chi connectivity index (χ0n) is 15.2. The zero-order chi connectivity index (χ0) is 17.1. The lowest BCUT2D eigenvalue weighted by Crippen LogP contribution is -2.57. The molecule has 0 saturated carbocycles. The second-order valence-electron chi connectivity index (χ2n) is 7.17. The van der Waals surface area contributed by atoms with E-state index in [2.05, 4.69) is 91.8 Å². The third-order valence-corrected chi connectivity index (χ3v) is 4.41. The Morgan fingerprint density at radius 2 is 1.12 bits per heavy atom. The summed E-state index contributed by atoms with van der Waals surface area (Å²) in [6.45, 7) is 8.80. The van der Waals surface area contributed by atoms with Gasteiger partial charge in [-0.05, 0) is 63.8 Å². The molecular formula is C21H29N3. The van der Waals surface area contributed by atoms with E-state index < -0.39 is 0 Å². The summed E-state index contributed by atoms with van der Waals surface area (Å²) >= 11 is 0. The molecular weight excluding hydrogens is 294 g/mol. The Morgan fingerprint density at radius 3 is 1.54 bits per heavy atom. The maximum Gasteiger partial charge on any atom is 0.139 e. The average Bonchev–Trinajstić information content (AvgIpc) is 2.70. The van der Waals surface area contributed by atoms with E-state index in [0.29, 0.717) is 12.1 Å². The zero-order valence-corrected chi connectivity index (χ0v) is 15.2. The van der Waals surface area contributed by atoms with E-state index in [0.717, 1.165) is 12.8 Å². The fourth-order valence-corrected chi connectivity index (χ4v) is 3.42. The first-order valence-corrected chi connectivity index (χ1v) is 9.03. The fourth-order valence-electron chi connectivity index (χ4n) is 3.42. The van der Waals surface area contributed by atoms with Crippen molar-refractivity contribution >= 4 is 11.4 Å². The smallest absolute Gasteiger partial charge is 0.139 e. The van der Waals surface area contributed by atoms with Gasteiger partial charge in [0.2, 0.25) is 0 Å². The lowest BCUT2D eigenvalue weighted by atomic mass is 10.0. The van der Waals surface area contributed by atoms with E-state index in [9.17, 15) is 0 Å². The van der Waals surface area contributed by atoms with Crippen LogP contribution < -0.4 is 15.5 Å². The van der Waals surface area contributed by atoms with Crippen molar-refractivity contribution in [3.8, 4) is 0 Å². The van der Waals surface area contributed by atoms with Gasteiger partial charge in [0.25, 0.3) is 0 Å². The number of rotatable bonds is 5. The molecule has 0 unspecified atom stereocenters. The van der Waals surface area contributed by atoms with Crippen molar-refractivity contribution in [3.63, 3.8) is 0 Å². The Hall–Kier alpha value is -1.84. The Morgan fingerprint density at radius 1 is 0.708 bits per heavy atom. The molecule has 1 aliphatic rings. The first-order chi connectivity index (χ1) is 11.6. The topological polar surface area (TPSA) is 27.3 Å². The second-order valence-corrected chi connectivity index (χ2v) is 7.17. The number of anilines is 2. The largest absolute Gasteiger partial charge is 0.312 e. The van der Waals surface area contributed by atoms with Gasteiger partial charge in [-0.2, -0.15) is 0 Å². The predicted molar refractivity (Wildman–Crippen MR) is 103 cm³/mol. The summed E-state index contributed by atoms with van der Waals surface area (Å²) in [6, 6.07) is 18.4. The Balaban J connectivity index is 2.12. The van der Waals surface area contributed by atoms with Crippen LogP contribution in [0.15, 0.2) is 48.5 Å². The lowest BCUT2D eigenvalue weighted by Gasteiger charge is -2.38. The number of fused-ring (bicyclic) bond motifs is 2. The molecule has 24 heavy (non-hydrogen) atoms. The highest BCUT2D eigenvalue weighted by atomic mass is 15.4. The van der Waals surface area contributed by atoms with Crippen LogP contribution in [0.1, 0.15) is 38.8 Å². The predicted octanol–water partition coefficient (Wildman–Crippen LogP) is 4.20. The van der Waals surface area contributed by atoms with Crippen LogP contribution in [0.3, 0.4) is 0 Å².